The lowest BCUT2D eigenvalue weighted by Gasteiger charge is -2.23. The maximum Gasteiger partial charge on any atom is 0.266 e. The highest BCUT2D eigenvalue weighted by atomic mass is 16.2. The molecule has 0 bridgehead atoms. The first kappa shape index (κ1) is 25.6. The standard InChI is InChI=1S/C32H32N2O4/c1-6-19(3)33-28(35)24-17-26-27(18-25(24)29(33)36)31(38)34(30(26)37)23-14-10-21(11-15-23)16-20-8-12-22(13-9-20)32(4,5)7-2/h8-15,17-19H,6-7,16H2,1-5H3. The van der Waals surface area contributed by atoms with Gasteiger partial charge in [0.05, 0.1) is 27.2 Å². The lowest BCUT2D eigenvalue weighted by Crippen LogP contribution is -2.28. The summed E-state index contributed by atoms with van der Waals surface area (Å²) in [5.74, 6) is 0. The number of rotatable bonds is 7. The lowest BCUT2D eigenvalue weighted by atomic mass is 9.82. The van der Waals surface area contributed by atoms with Crippen LogP contribution in [-0.4, -0.2) is 9.13 Å². The molecule has 0 spiro atoms. The fourth-order valence-electron chi connectivity index (χ4n) is 5.09. The lowest BCUT2D eigenvalue weighted by molar-refractivity contribution is 0.506. The van der Waals surface area contributed by atoms with Gasteiger partial charge in [-0.3, -0.25) is 23.7 Å². The molecule has 5 rings (SSSR count). The van der Waals surface area contributed by atoms with E-state index in [1.54, 1.807) is 19.1 Å². The molecule has 0 aliphatic rings. The molecule has 0 fully saturated rings. The van der Waals surface area contributed by atoms with E-state index in [4.69, 9.17) is 0 Å². The number of fused-ring (bicyclic) bond motifs is 2. The summed E-state index contributed by atoms with van der Waals surface area (Å²) in [5, 5.41) is 0.668. The van der Waals surface area contributed by atoms with E-state index in [1.165, 1.54) is 27.8 Å². The van der Waals surface area contributed by atoms with Crippen molar-refractivity contribution in [3.8, 4) is 5.69 Å². The number of benzene rings is 3. The summed E-state index contributed by atoms with van der Waals surface area (Å²) >= 11 is 0. The van der Waals surface area contributed by atoms with Crippen molar-refractivity contribution in [3.63, 3.8) is 0 Å². The molecule has 1 atom stereocenters. The van der Waals surface area contributed by atoms with Gasteiger partial charge in [-0.15, -0.1) is 0 Å². The summed E-state index contributed by atoms with van der Waals surface area (Å²) in [4.78, 5) is 52.4. The zero-order valence-electron chi connectivity index (χ0n) is 22.5. The molecule has 0 radical (unpaired) electrons. The molecule has 6 heteroatoms. The van der Waals surface area contributed by atoms with Gasteiger partial charge in [0.2, 0.25) is 0 Å². The predicted molar refractivity (Wildman–Crippen MR) is 154 cm³/mol. The zero-order valence-corrected chi connectivity index (χ0v) is 22.5. The average molecular weight is 509 g/mol. The Bertz CT molecular complexity index is 1780. The van der Waals surface area contributed by atoms with Crippen LogP contribution in [0.15, 0.2) is 79.8 Å². The third kappa shape index (κ3) is 4.05. The Morgan fingerprint density at radius 3 is 1.58 bits per heavy atom. The third-order valence-electron chi connectivity index (χ3n) is 8.18. The summed E-state index contributed by atoms with van der Waals surface area (Å²) < 4.78 is 2.33. The molecular weight excluding hydrogens is 476 g/mol. The minimum atomic E-state index is -0.489. The number of aromatic nitrogens is 2. The first-order valence-corrected chi connectivity index (χ1v) is 13.2. The minimum absolute atomic E-state index is 0.139. The van der Waals surface area contributed by atoms with Crippen LogP contribution in [0.2, 0.25) is 0 Å². The van der Waals surface area contributed by atoms with Crippen molar-refractivity contribution < 1.29 is 0 Å². The Balaban J connectivity index is 1.50. The fourth-order valence-corrected chi connectivity index (χ4v) is 5.09. The molecule has 0 saturated carbocycles. The summed E-state index contributed by atoms with van der Waals surface area (Å²) in [5.41, 5.74) is 2.34. The van der Waals surface area contributed by atoms with Gasteiger partial charge in [-0.25, -0.2) is 4.57 Å². The summed E-state index contributed by atoms with van der Waals surface area (Å²) in [6.07, 6.45) is 2.42. The van der Waals surface area contributed by atoms with Crippen molar-refractivity contribution in [2.75, 3.05) is 0 Å². The Morgan fingerprint density at radius 1 is 0.684 bits per heavy atom. The van der Waals surface area contributed by atoms with Gasteiger partial charge in [0.25, 0.3) is 22.2 Å². The van der Waals surface area contributed by atoms with Gasteiger partial charge < -0.3 is 0 Å². The van der Waals surface area contributed by atoms with Gasteiger partial charge >= 0.3 is 0 Å². The molecule has 1 unspecified atom stereocenters. The van der Waals surface area contributed by atoms with E-state index in [2.05, 4.69) is 45.0 Å². The average Bonchev–Trinajstić information content (AvgIpc) is 3.31. The van der Waals surface area contributed by atoms with E-state index in [-0.39, 0.29) is 33.0 Å². The van der Waals surface area contributed by atoms with E-state index >= 15 is 0 Å². The third-order valence-corrected chi connectivity index (χ3v) is 8.18. The fraction of sp³-hybridized carbons (Fsp3) is 0.312. The van der Waals surface area contributed by atoms with Crippen LogP contribution >= 0.6 is 0 Å². The van der Waals surface area contributed by atoms with Gasteiger partial charge in [-0.05, 0) is 72.6 Å². The second-order valence-electron chi connectivity index (χ2n) is 10.9. The van der Waals surface area contributed by atoms with E-state index in [1.807, 2.05) is 19.1 Å². The van der Waals surface area contributed by atoms with Crippen molar-refractivity contribution in [1.82, 2.24) is 9.13 Å². The number of nitrogens with zero attached hydrogens (tertiary/aromatic N) is 2. The highest BCUT2D eigenvalue weighted by molar-refractivity contribution is 5.98. The quantitative estimate of drug-likeness (QED) is 0.305. The summed E-state index contributed by atoms with van der Waals surface area (Å²) in [7, 11) is 0. The van der Waals surface area contributed by atoms with Crippen molar-refractivity contribution in [3.05, 3.63) is 119 Å². The Hall–Kier alpha value is -4.06. The van der Waals surface area contributed by atoms with Crippen LogP contribution in [0.4, 0.5) is 0 Å². The maximum atomic E-state index is 13.3. The molecule has 2 heterocycles. The molecule has 0 saturated heterocycles. The second kappa shape index (κ2) is 9.35. The monoisotopic (exact) mass is 508 g/mol. The van der Waals surface area contributed by atoms with Gasteiger partial charge in [0, 0.05) is 6.04 Å². The number of hydrogen-bond donors (Lipinski definition) is 0. The van der Waals surface area contributed by atoms with Crippen LogP contribution in [0.25, 0.3) is 27.2 Å². The van der Waals surface area contributed by atoms with Gasteiger partial charge in [-0.1, -0.05) is 64.1 Å². The first-order chi connectivity index (χ1) is 18.1. The molecule has 0 amide bonds. The normalized spacial score (nSPS) is 13.0. The van der Waals surface area contributed by atoms with E-state index in [0.29, 0.717) is 12.1 Å². The van der Waals surface area contributed by atoms with Gasteiger partial charge in [-0.2, -0.15) is 0 Å². The van der Waals surface area contributed by atoms with Crippen molar-refractivity contribution in [2.24, 2.45) is 0 Å². The van der Waals surface area contributed by atoms with E-state index in [9.17, 15) is 19.2 Å². The molecule has 38 heavy (non-hydrogen) atoms. The Labute approximate surface area is 220 Å². The smallest absolute Gasteiger partial charge is 0.266 e. The largest absolute Gasteiger partial charge is 0.272 e. The van der Waals surface area contributed by atoms with Crippen LogP contribution < -0.4 is 22.2 Å². The molecular formula is C32H32N2O4. The molecule has 194 valence electrons. The van der Waals surface area contributed by atoms with Crippen molar-refractivity contribution >= 4 is 21.5 Å². The van der Waals surface area contributed by atoms with Gasteiger partial charge in [0.1, 0.15) is 0 Å². The SMILES string of the molecule is CCC(C)n1c(=O)c2cc3c(=O)n(-c4ccc(Cc5ccc(C(C)(C)CC)cc5)cc4)c(=O)c3cc2c1=O. The van der Waals surface area contributed by atoms with Crippen LogP contribution in [0, 0.1) is 0 Å². The molecule has 0 N–H and O–H groups in total. The predicted octanol–water partition coefficient (Wildman–Crippen LogP) is 5.15. The van der Waals surface area contributed by atoms with E-state index in [0.717, 1.165) is 23.0 Å². The van der Waals surface area contributed by atoms with E-state index < -0.39 is 22.2 Å². The van der Waals surface area contributed by atoms with Crippen LogP contribution in [-0.2, 0) is 11.8 Å². The highest BCUT2D eigenvalue weighted by Gasteiger charge is 2.22. The minimum Gasteiger partial charge on any atom is -0.272 e. The van der Waals surface area contributed by atoms with Crippen molar-refractivity contribution in [2.45, 2.75) is 65.3 Å². The molecule has 0 aliphatic carbocycles. The van der Waals surface area contributed by atoms with Crippen LogP contribution in [0.1, 0.15) is 70.2 Å². The molecule has 5 aromatic rings. The van der Waals surface area contributed by atoms with Gasteiger partial charge in [0.15, 0.2) is 0 Å². The second-order valence-corrected chi connectivity index (χ2v) is 10.9. The zero-order chi connectivity index (χ0) is 27.4. The molecule has 2 aromatic heterocycles. The number of hydrogen-bond acceptors (Lipinski definition) is 4. The molecule has 0 aliphatic heterocycles. The summed E-state index contributed by atoms with van der Waals surface area (Å²) in [6, 6.07) is 18.6. The van der Waals surface area contributed by atoms with Crippen LogP contribution in [0.5, 0.6) is 0 Å². The Morgan fingerprint density at radius 2 is 1.13 bits per heavy atom. The topological polar surface area (TPSA) is 78.1 Å². The molecule has 6 nitrogen and oxygen atoms in total. The van der Waals surface area contributed by atoms with Crippen LogP contribution in [0.3, 0.4) is 0 Å². The van der Waals surface area contributed by atoms with Crippen molar-refractivity contribution in [1.29, 1.82) is 0 Å². The Kier molecular flexibility index (Phi) is 6.30. The first-order valence-electron chi connectivity index (χ1n) is 13.2. The highest BCUT2D eigenvalue weighted by Crippen LogP contribution is 2.27. The summed E-state index contributed by atoms with van der Waals surface area (Å²) in [6.45, 7) is 10.4. The maximum absolute atomic E-state index is 13.3. The molecule has 3 aromatic carbocycles.